The van der Waals surface area contributed by atoms with Crippen molar-refractivity contribution in [1.82, 2.24) is 0 Å². The zero-order chi connectivity index (χ0) is 10.3. The molecule has 0 aliphatic rings. The molecule has 0 aromatic rings. The first-order valence-electron chi connectivity index (χ1n) is 4.79. The van der Waals surface area contributed by atoms with E-state index in [2.05, 4.69) is 19.6 Å². The van der Waals surface area contributed by atoms with Crippen molar-refractivity contribution in [1.29, 1.82) is 0 Å². The molecule has 0 aromatic heterocycles. The second-order valence-corrected chi connectivity index (χ2v) is 3.18. The first-order valence-corrected chi connectivity index (χ1v) is 4.79. The topological polar surface area (TPSA) is 9.23 Å². The SMILES string of the molecule is C=C(/C=C\C(=C/C)CC)OC(C)C. The van der Waals surface area contributed by atoms with E-state index >= 15 is 0 Å². The number of allylic oxidation sites excluding steroid dienone is 4. The third kappa shape index (κ3) is 6.21. The summed E-state index contributed by atoms with van der Waals surface area (Å²) < 4.78 is 5.38. The fraction of sp³-hybridized carbons (Fsp3) is 0.500. The van der Waals surface area contributed by atoms with Crippen molar-refractivity contribution in [3.63, 3.8) is 0 Å². The van der Waals surface area contributed by atoms with Crippen LogP contribution < -0.4 is 0 Å². The molecule has 0 aliphatic heterocycles. The molecule has 0 bridgehead atoms. The molecule has 0 radical (unpaired) electrons. The molecule has 0 spiro atoms. The summed E-state index contributed by atoms with van der Waals surface area (Å²) >= 11 is 0. The molecule has 0 aromatic carbocycles. The lowest BCUT2D eigenvalue weighted by molar-refractivity contribution is 0.159. The van der Waals surface area contributed by atoms with Crippen LogP contribution in [0.5, 0.6) is 0 Å². The molecule has 0 heterocycles. The minimum absolute atomic E-state index is 0.202. The van der Waals surface area contributed by atoms with Gasteiger partial charge < -0.3 is 4.74 Å². The predicted molar refractivity (Wildman–Crippen MR) is 58.5 cm³/mol. The fourth-order valence-electron chi connectivity index (χ4n) is 0.960. The molecule has 1 heteroatoms. The van der Waals surface area contributed by atoms with Crippen LogP contribution in [-0.2, 0) is 4.74 Å². The van der Waals surface area contributed by atoms with Crippen molar-refractivity contribution in [2.24, 2.45) is 0 Å². The maximum absolute atomic E-state index is 5.38. The zero-order valence-corrected chi connectivity index (χ0v) is 9.13. The predicted octanol–water partition coefficient (Wildman–Crippen LogP) is 3.84. The number of ether oxygens (including phenoxy) is 1. The van der Waals surface area contributed by atoms with Crippen LogP contribution in [-0.4, -0.2) is 6.10 Å². The van der Waals surface area contributed by atoms with Gasteiger partial charge in [0, 0.05) is 0 Å². The third-order valence-corrected chi connectivity index (χ3v) is 1.65. The van der Waals surface area contributed by atoms with E-state index in [1.165, 1.54) is 5.57 Å². The molecule has 0 unspecified atom stereocenters. The summed E-state index contributed by atoms with van der Waals surface area (Å²) in [5.41, 5.74) is 1.30. The van der Waals surface area contributed by atoms with Crippen molar-refractivity contribution in [2.75, 3.05) is 0 Å². The average molecular weight is 180 g/mol. The Labute approximate surface area is 81.8 Å². The minimum atomic E-state index is 0.202. The summed E-state index contributed by atoms with van der Waals surface area (Å²) in [5, 5.41) is 0. The average Bonchev–Trinajstić information content (AvgIpc) is 2.05. The molecule has 13 heavy (non-hydrogen) atoms. The second kappa shape index (κ2) is 6.53. The Morgan fingerprint density at radius 3 is 2.38 bits per heavy atom. The Morgan fingerprint density at radius 2 is 2.00 bits per heavy atom. The van der Waals surface area contributed by atoms with E-state index in [0.717, 1.165) is 12.2 Å². The Bertz CT molecular complexity index is 209. The first kappa shape index (κ1) is 12.0. The van der Waals surface area contributed by atoms with E-state index in [-0.39, 0.29) is 6.10 Å². The van der Waals surface area contributed by atoms with Gasteiger partial charge in [0.2, 0.25) is 0 Å². The highest BCUT2D eigenvalue weighted by Gasteiger charge is 1.93. The van der Waals surface area contributed by atoms with Crippen molar-refractivity contribution < 1.29 is 4.74 Å². The second-order valence-electron chi connectivity index (χ2n) is 3.18. The molecule has 0 saturated carbocycles. The molecule has 0 atom stereocenters. The summed E-state index contributed by atoms with van der Waals surface area (Å²) in [7, 11) is 0. The largest absolute Gasteiger partial charge is 0.492 e. The summed E-state index contributed by atoms with van der Waals surface area (Å²) in [5.74, 6) is 0.725. The molecule has 0 N–H and O–H groups in total. The summed E-state index contributed by atoms with van der Waals surface area (Å²) in [6.07, 6.45) is 7.30. The summed E-state index contributed by atoms with van der Waals surface area (Å²) in [6.45, 7) is 12.0. The van der Waals surface area contributed by atoms with Crippen LogP contribution in [0, 0.1) is 0 Å². The monoisotopic (exact) mass is 180 g/mol. The number of hydrogen-bond donors (Lipinski definition) is 0. The van der Waals surface area contributed by atoms with Gasteiger partial charge in [0.1, 0.15) is 5.76 Å². The highest BCUT2D eigenvalue weighted by atomic mass is 16.5. The van der Waals surface area contributed by atoms with Crippen LogP contribution >= 0.6 is 0 Å². The molecule has 0 fully saturated rings. The van der Waals surface area contributed by atoms with Gasteiger partial charge in [-0.15, -0.1) is 0 Å². The van der Waals surface area contributed by atoms with Crippen LogP contribution in [0.4, 0.5) is 0 Å². The number of rotatable bonds is 5. The van der Waals surface area contributed by atoms with Crippen molar-refractivity contribution in [3.05, 3.63) is 36.1 Å². The van der Waals surface area contributed by atoms with Gasteiger partial charge in [-0.2, -0.15) is 0 Å². The van der Waals surface area contributed by atoms with Crippen LogP contribution in [0.25, 0.3) is 0 Å². The quantitative estimate of drug-likeness (QED) is 0.461. The van der Waals surface area contributed by atoms with Gasteiger partial charge in [-0.3, -0.25) is 0 Å². The van der Waals surface area contributed by atoms with E-state index in [9.17, 15) is 0 Å². The normalized spacial score (nSPS) is 12.5. The van der Waals surface area contributed by atoms with E-state index in [1.54, 1.807) is 0 Å². The van der Waals surface area contributed by atoms with Gasteiger partial charge in [0.25, 0.3) is 0 Å². The van der Waals surface area contributed by atoms with Gasteiger partial charge in [0.05, 0.1) is 6.10 Å². The third-order valence-electron chi connectivity index (χ3n) is 1.65. The van der Waals surface area contributed by atoms with Crippen LogP contribution in [0.2, 0.25) is 0 Å². The van der Waals surface area contributed by atoms with Gasteiger partial charge in [-0.25, -0.2) is 0 Å². The van der Waals surface area contributed by atoms with Crippen LogP contribution in [0.15, 0.2) is 36.1 Å². The molecule has 0 rings (SSSR count). The maximum atomic E-state index is 5.38. The van der Waals surface area contributed by atoms with Crippen LogP contribution in [0.1, 0.15) is 34.1 Å². The smallest absolute Gasteiger partial charge is 0.112 e. The summed E-state index contributed by atoms with van der Waals surface area (Å²) in [4.78, 5) is 0. The molecule has 0 amide bonds. The molecule has 1 nitrogen and oxygen atoms in total. The molecule has 0 aliphatic carbocycles. The van der Waals surface area contributed by atoms with Gasteiger partial charge >= 0.3 is 0 Å². The Kier molecular flexibility index (Phi) is 6.03. The lowest BCUT2D eigenvalue weighted by Crippen LogP contribution is -1.99. The van der Waals surface area contributed by atoms with Crippen molar-refractivity contribution in [2.45, 2.75) is 40.2 Å². The molecular weight excluding hydrogens is 160 g/mol. The van der Waals surface area contributed by atoms with Crippen molar-refractivity contribution in [3.8, 4) is 0 Å². The first-order chi connectivity index (χ1) is 6.10. The van der Waals surface area contributed by atoms with E-state index in [4.69, 9.17) is 4.74 Å². The van der Waals surface area contributed by atoms with Gasteiger partial charge in [0.15, 0.2) is 0 Å². The minimum Gasteiger partial charge on any atom is -0.492 e. The fourth-order valence-corrected chi connectivity index (χ4v) is 0.960. The highest BCUT2D eigenvalue weighted by molar-refractivity contribution is 5.23. The highest BCUT2D eigenvalue weighted by Crippen LogP contribution is 2.06. The van der Waals surface area contributed by atoms with E-state index < -0.39 is 0 Å². The van der Waals surface area contributed by atoms with Gasteiger partial charge in [-0.05, 0) is 33.3 Å². The van der Waals surface area contributed by atoms with E-state index in [0.29, 0.717) is 0 Å². The Balaban J connectivity index is 4.04. The lowest BCUT2D eigenvalue weighted by atomic mass is 10.2. The standard InChI is InChI=1S/C12H20O/c1-6-12(7-2)9-8-11(5)13-10(3)4/h6,8-10H,5,7H2,1-4H3/b9-8-,12-6-. The summed E-state index contributed by atoms with van der Waals surface area (Å²) in [6, 6.07) is 0. The molecular formula is C12H20O. The molecule has 0 saturated heterocycles. The van der Waals surface area contributed by atoms with E-state index in [1.807, 2.05) is 32.9 Å². The number of hydrogen-bond acceptors (Lipinski definition) is 1. The Morgan fingerprint density at radius 1 is 1.38 bits per heavy atom. The lowest BCUT2D eigenvalue weighted by Gasteiger charge is -2.08. The Hall–Kier alpha value is -0.980. The molecule has 74 valence electrons. The van der Waals surface area contributed by atoms with Crippen LogP contribution in [0.3, 0.4) is 0 Å². The van der Waals surface area contributed by atoms with Crippen molar-refractivity contribution >= 4 is 0 Å². The maximum Gasteiger partial charge on any atom is 0.112 e. The zero-order valence-electron chi connectivity index (χ0n) is 9.13. The van der Waals surface area contributed by atoms with Gasteiger partial charge in [-0.1, -0.05) is 31.2 Å².